The van der Waals surface area contributed by atoms with Crippen LogP contribution in [0, 0.1) is 0 Å². The highest BCUT2D eigenvalue weighted by Crippen LogP contribution is 2.58. The second kappa shape index (κ2) is 8.51. The molecule has 186 valence electrons. The van der Waals surface area contributed by atoms with Crippen LogP contribution in [0.2, 0.25) is 0 Å². The number of nitrogens with two attached hydrogens (primary N) is 1. The third-order valence-electron chi connectivity index (χ3n) is 8.28. The Morgan fingerprint density at radius 1 is 1.43 bits per heavy atom. The van der Waals surface area contributed by atoms with E-state index in [-0.39, 0.29) is 35.9 Å². The third-order valence-corrected chi connectivity index (χ3v) is 8.28. The molecule has 4 aliphatic heterocycles. The number of aliphatic hydroxyl groups is 1. The third kappa shape index (κ3) is 3.72. The summed E-state index contributed by atoms with van der Waals surface area (Å²) in [4.78, 5) is 11.9. The van der Waals surface area contributed by atoms with Gasteiger partial charge in [-0.1, -0.05) is 0 Å². The van der Waals surface area contributed by atoms with Crippen molar-refractivity contribution in [2.75, 3.05) is 26.4 Å². The Labute approximate surface area is 205 Å². The molecule has 0 amide bonds. The van der Waals surface area contributed by atoms with E-state index in [4.69, 9.17) is 25.0 Å². The van der Waals surface area contributed by atoms with Gasteiger partial charge in [0, 0.05) is 29.9 Å². The van der Waals surface area contributed by atoms with Crippen LogP contribution in [0.15, 0.2) is 34.5 Å². The van der Waals surface area contributed by atoms with Gasteiger partial charge >= 0.3 is 0 Å². The lowest BCUT2D eigenvalue weighted by Crippen LogP contribution is -2.63. The number of nitrogens with zero attached hydrogens (tertiary/aromatic N) is 4. The summed E-state index contributed by atoms with van der Waals surface area (Å²) in [5.74, 6) is 6.50. The average Bonchev–Trinajstić information content (AvgIpc) is 3.35. The number of hydrogen-bond donors (Lipinski definition) is 2. The molecule has 35 heavy (non-hydrogen) atoms. The van der Waals surface area contributed by atoms with E-state index in [9.17, 15) is 5.11 Å². The van der Waals surface area contributed by atoms with E-state index in [1.54, 1.807) is 6.21 Å². The number of rotatable bonds is 6. The van der Waals surface area contributed by atoms with Gasteiger partial charge in [-0.3, -0.25) is 14.9 Å². The maximum absolute atomic E-state index is 9.90. The van der Waals surface area contributed by atoms with Crippen LogP contribution >= 0.6 is 0 Å². The molecule has 1 aliphatic carbocycles. The van der Waals surface area contributed by atoms with Crippen LogP contribution in [-0.4, -0.2) is 82.6 Å². The van der Waals surface area contributed by atoms with E-state index in [2.05, 4.69) is 15.0 Å². The minimum absolute atomic E-state index is 0.00267. The SMILES string of the molecule is CC(Oc1ccc2ncc3c(c2c1)CCOC3)/C(C=NC12CN3C(CO)C(C)OCC3(C1)C2)=N/N. The number of hydrazone groups is 1. The molecule has 2 aromatic rings. The highest BCUT2D eigenvalue weighted by molar-refractivity contribution is 6.32. The number of fused-ring (bicyclic) bond motifs is 3. The maximum Gasteiger partial charge on any atom is 0.141 e. The molecule has 3 atom stereocenters. The number of morpholine rings is 1. The summed E-state index contributed by atoms with van der Waals surface area (Å²) in [6.07, 6.45) is 6.08. The van der Waals surface area contributed by atoms with E-state index >= 15 is 0 Å². The van der Waals surface area contributed by atoms with E-state index in [1.807, 2.05) is 38.2 Å². The van der Waals surface area contributed by atoms with Crippen LogP contribution in [0.5, 0.6) is 5.75 Å². The summed E-state index contributed by atoms with van der Waals surface area (Å²) in [7, 11) is 0. The van der Waals surface area contributed by atoms with Crippen molar-refractivity contribution in [3.8, 4) is 5.75 Å². The molecule has 1 saturated carbocycles. The first kappa shape index (κ1) is 22.8. The lowest BCUT2D eigenvalue weighted by atomic mass is 9.67. The molecule has 7 rings (SSSR count). The van der Waals surface area contributed by atoms with Crippen molar-refractivity contribution in [3.05, 3.63) is 35.5 Å². The van der Waals surface area contributed by atoms with E-state index in [1.165, 1.54) is 5.56 Å². The molecule has 3 saturated heterocycles. The van der Waals surface area contributed by atoms with E-state index in [0.717, 1.165) is 54.6 Å². The average molecular weight is 480 g/mol. The molecule has 5 heterocycles. The fourth-order valence-corrected chi connectivity index (χ4v) is 6.48. The molecule has 1 aromatic carbocycles. The number of aliphatic hydroxyl groups excluding tert-OH is 1. The number of pyridine rings is 1. The molecular weight excluding hydrogens is 446 g/mol. The summed E-state index contributed by atoms with van der Waals surface area (Å²) in [6.45, 7) is 6.91. The molecule has 4 fully saturated rings. The first-order valence-electron chi connectivity index (χ1n) is 12.4. The quantitative estimate of drug-likeness (QED) is 0.369. The van der Waals surface area contributed by atoms with Crippen LogP contribution in [0.3, 0.4) is 0 Å². The second-order valence-electron chi connectivity index (χ2n) is 10.5. The molecule has 3 unspecified atom stereocenters. The molecule has 5 aliphatic rings. The lowest BCUT2D eigenvalue weighted by Gasteiger charge is -2.52. The summed E-state index contributed by atoms with van der Waals surface area (Å²) >= 11 is 0. The van der Waals surface area contributed by atoms with Gasteiger partial charge in [-0.25, -0.2) is 0 Å². The highest BCUT2D eigenvalue weighted by Gasteiger charge is 2.68. The fourth-order valence-electron chi connectivity index (χ4n) is 6.48. The topological polar surface area (TPSA) is 115 Å². The summed E-state index contributed by atoms with van der Waals surface area (Å²) in [6, 6.07) is 5.99. The molecular formula is C26H33N5O4. The zero-order chi connectivity index (χ0) is 24.2. The molecule has 1 spiro atoms. The summed E-state index contributed by atoms with van der Waals surface area (Å²) < 4.78 is 17.8. The first-order chi connectivity index (χ1) is 17.0. The van der Waals surface area contributed by atoms with Crippen molar-refractivity contribution in [3.63, 3.8) is 0 Å². The molecule has 1 aromatic heterocycles. The maximum atomic E-state index is 9.90. The van der Waals surface area contributed by atoms with Gasteiger partial charge in [0.15, 0.2) is 0 Å². The van der Waals surface area contributed by atoms with Gasteiger partial charge in [0.1, 0.15) is 17.6 Å². The van der Waals surface area contributed by atoms with Gasteiger partial charge in [0.25, 0.3) is 0 Å². The lowest BCUT2D eigenvalue weighted by molar-refractivity contribution is -0.142. The Morgan fingerprint density at radius 2 is 2.29 bits per heavy atom. The van der Waals surface area contributed by atoms with Crippen molar-refractivity contribution in [2.24, 2.45) is 15.9 Å². The summed E-state index contributed by atoms with van der Waals surface area (Å²) in [5, 5.41) is 15.0. The zero-order valence-corrected chi connectivity index (χ0v) is 20.3. The first-order valence-corrected chi connectivity index (χ1v) is 12.4. The van der Waals surface area contributed by atoms with Crippen LogP contribution in [-0.2, 0) is 22.5 Å². The minimum atomic E-state index is -0.361. The Hall–Kier alpha value is -2.59. The molecule has 3 N–H and O–H groups in total. The minimum Gasteiger partial charge on any atom is -0.484 e. The highest BCUT2D eigenvalue weighted by atomic mass is 16.5. The van der Waals surface area contributed by atoms with Gasteiger partial charge in [0.2, 0.25) is 0 Å². The largest absolute Gasteiger partial charge is 0.484 e. The van der Waals surface area contributed by atoms with Crippen molar-refractivity contribution in [1.29, 1.82) is 0 Å². The van der Waals surface area contributed by atoms with Crippen molar-refractivity contribution in [1.82, 2.24) is 9.88 Å². The Kier molecular flexibility index (Phi) is 5.56. The van der Waals surface area contributed by atoms with Crippen LogP contribution in [0.1, 0.15) is 37.8 Å². The Morgan fingerprint density at radius 3 is 3.09 bits per heavy atom. The summed E-state index contributed by atoms with van der Waals surface area (Å²) in [5.41, 5.74) is 3.79. The van der Waals surface area contributed by atoms with Gasteiger partial charge in [0.05, 0.1) is 49.6 Å². The molecule has 0 radical (unpaired) electrons. The number of benzene rings is 1. The standard InChI is InChI=1S/C26H33N5O4/c1-16(35-19-3-4-22-21(7-19)20-5-6-33-11-18(20)8-28-22)23(30-27)9-29-25-12-26(13-25)15-34-17(2)24(10-32)31(26)14-25/h3-4,7-9,16-17,24,32H,5-6,10-15,27H2,1-2H3/b29-9?,30-23+. The van der Waals surface area contributed by atoms with Crippen molar-refractivity contribution < 1.29 is 19.3 Å². The molecule has 2 bridgehead atoms. The Bertz CT molecular complexity index is 1190. The number of ether oxygens (including phenoxy) is 3. The Balaban J connectivity index is 1.17. The van der Waals surface area contributed by atoms with Crippen LogP contribution < -0.4 is 10.6 Å². The number of aliphatic imine (C=N–C) groups is 1. The van der Waals surface area contributed by atoms with Gasteiger partial charge in [-0.2, -0.15) is 5.10 Å². The normalized spacial score (nSPS) is 33.4. The van der Waals surface area contributed by atoms with Gasteiger partial charge < -0.3 is 25.2 Å². The predicted octanol–water partition coefficient (Wildman–Crippen LogP) is 1.83. The van der Waals surface area contributed by atoms with Gasteiger partial charge in [-0.15, -0.1) is 0 Å². The second-order valence-corrected chi connectivity index (χ2v) is 10.5. The monoisotopic (exact) mass is 479 g/mol. The molecule has 9 nitrogen and oxygen atoms in total. The predicted molar refractivity (Wildman–Crippen MR) is 133 cm³/mol. The van der Waals surface area contributed by atoms with Crippen molar-refractivity contribution in [2.45, 2.75) is 69.0 Å². The van der Waals surface area contributed by atoms with Crippen LogP contribution in [0.25, 0.3) is 10.9 Å². The molecule has 9 heteroatoms. The van der Waals surface area contributed by atoms with Gasteiger partial charge in [-0.05, 0) is 62.4 Å². The zero-order valence-electron chi connectivity index (χ0n) is 20.3. The van der Waals surface area contributed by atoms with E-state index < -0.39 is 0 Å². The van der Waals surface area contributed by atoms with Crippen LogP contribution in [0.4, 0.5) is 0 Å². The fraction of sp³-hybridized carbons (Fsp3) is 0.577. The smallest absolute Gasteiger partial charge is 0.141 e. The van der Waals surface area contributed by atoms with Crippen molar-refractivity contribution >= 4 is 22.8 Å². The number of hydrogen-bond acceptors (Lipinski definition) is 9. The van der Waals surface area contributed by atoms with E-state index in [0.29, 0.717) is 18.9 Å². The number of aromatic nitrogens is 1.